The van der Waals surface area contributed by atoms with Crippen LogP contribution in [0.15, 0.2) is 24.3 Å². The van der Waals surface area contributed by atoms with Crippen molar-refractivity contribution >= 4 is 5.91 Å². The summed E-state index contributed by atoms with van der Waals surface area (Å²) in [7, 11) is 0. The summed E-state index contributed by atoms with van der Waals surface area (Å²) in [5, 5.41) is 3.39. The Morgan fingerprint density at radius 3 is 2.88 bits per heavy atom. The topological polar surface area (TPSA) is 55.1 Å². The second-order valence-electron chi connectivity index (χ2n) is 4.38. The highest BCUT2D eigenvalue weighted by Gasteiger charge is 2.17. The number of carbonyl (C=O) groups excluding carboxylic acids is 1. The first-order valence-corrected chi connectivity index (χ1v) is 5.84. The normalized spacial score (nSPS) is 19.1. The molecule has 0 spiro atoms. The third-order valence-electron chi connectivity index (χ3n) is 3.15. The van der Waals surface area contributed by atoms with Crippen molar-refractivity contribution in [2.24, 2.45) is 5.73 Å². The van der Waals surface area contributed by atoms with Gasteiger partial charge in [-0.2, -0.15) is 0 Å². The highest BCUT2D eigenvalue weighted by Crippen LogP contribution is 2.20. The molecule has 86 valence electrons. The van der Waals surface area contributed by atoms with Gasteiger partial charge in [0, 0.05) is 19.0 Å². The van der Waals surface area contributed by atoms with Gasteiger partial charge >= 0.3 is 0 Å². The van der Waals surface area contributed by atoms with Crippen molar-refractivity contribution < 1.29 is 4.79 Å². The van der Waals surface area contributed by atoms with E-state index in [9.17, 15) is 4.79 Å². The number of fused-ring (bicyclic) bond motifs is 1. The molecule has 0 aromatic heterocycles. The number of hydrogen-bond donors (Lipinski definition) is 2. The lowest BCUT2D eigenvalue weighted by Gasteiger charge is -2.25. The highest BCUT2D eigenvalue weighted by atomic mass is 16.1. The summed E-state index contributed by atoms with van der Waals surface area (Å²) in [6.07, 6.45) is 3.77. The lowest BCUT2D eigenvalue weighted by atomic mass is 9.88. The largest absolute Gasteiger partial charge is 0.370 e. The van der Waals surface area contributed by atoms with Crippen LogP contribution in [0.25, 0.3) is 0 Å². The molecule has 1 aromatic carbocycles. The molecule has 2 rings (SSSR count). The van der Waals surface area contributed by atoms with Crippen molar-refractivity contribution in [3.63, 3.8) is 0 Å². The van der Waals surface area contributed by atoms with E-state index in [1.54, 1.807) is 0 Å². The van der Waals surface area contributed by atoms with Gasteiger partial charge in [-0.1, -0.05) is 24.3 Å². The van der Waals surface area contributed by atoms with Gasteiger partial charge in [0.15, 0.2) is 0 Å². The first kappa shape index (κ1) is 11.1. The number of carbonyl (C=O) groups is 1. The van der Waals surface area contributed by atoms with E-state index in [0.717, 1.165) is 19.3 Å². The second-order valence-corrected chi connectivity index (χ2v) is 4.38. The fourth-order valence-electron chi connectivity index (χ4n) is 2.27. The van der Waals surface area contributed by atoms with E-state index in [1.165, 1.54) is 11.1 Å². The standard InChI is InChI=1S/C13H18N2O/c14-13(16)7-8-15-12-6-5-10-3-1-2-4-11(10)9-12/h1-4,12,15H,5-9H2,(H2,14,16). The Hall–Kier alpha value is -1.35. The maximum absolute atomic E-state index is 10.6. The van der Waals surface area contributed by atoms with Crippen molar-refractivity contribution in [3.8, 4) is 0 Å². The van der Waals surface area contributed by atoms with Gasteiger partial charge in [0.05, 0.1) is 0 Å². The summed E-state index contributed by atoms with van der Waals surface area (Å²) in [6.45, 7) is 0.697. The Kier molecular flexibility index (Phi) is 3.57. The van der Waals surface area contributed by atoms with Crippen LogP contribution in [0.5, 0.6) is 0 Å². The van der Waals surface area contributed by atoms with E-state index in [2.05, 4.69) is 29.6 Å². The summed E-state index contributed by atoms with van der Waals surface area (Å²) < 4.78 is 0. The Balaban J connectivity index is 1.86. The molecule has 0 aliphatic heterocycles. The Morgan fingerprint density at radius 1 is 1.38 bits per heavy atom. The van der Waals surface area contributed by atoms with Crippen molar-refractivity contribution in [2.45, 2.75) is 31.7 Å². The fraction of sp³-hybridized carbons (Fsp3) is 0.462. The molecule has 0 bridgehead atoms. The van der Waals surface area contributed by atoms with Gasteiger partial charge in [0.1, 0.15) is 0 Å². The first-order chi connectivity index (χ1) is 7.75. The number of rotatable bonds is 4. The Labute approximate surface area is 96.0 Å². The molecule has 1 aliphatic carbocycles. The average Bonchev–Trinajstić information content (AvgIpc) is 2.28. The summed E-state index contributed by atoms with van der Waals surface area (Å²) in [5.41, 5.74) is 8.01. The molecule has 1 unspecified atom stereocenters. The fourth-order valence-corrected chi connectivity index (χ4v) is 2.27. The van der Waals surface area contributed by atoms with Crippen LogP contribution in [-0.4, -0.2) is 18.5 Å². The Bertz CT molecular complexity index is 376. The van der Waals surface area contributed by atoms with Gasteiger partial charge in [-0.3, -0.25) is 4.79 Å². The number of hydrogen-bond acceptors (Lipinski definition) is 2. The average molecular weight is 218 g/mol. The van der Waals surface area contributed by atoms with E-state index in [-0.39, 0.29) is 5.91 Å². The second kappa shape index (κ2) is 5.12. The molecule has 1 aromatic rings. The minimum atomic E-state index is -0.233. The van der Waals surface area contributed by atoms with Gasteiger partial charge in [0.2, 0.25) is 5.91 Å². The summed E-state index contributed by atoms with van der Waals surface area (Å²) >= 11 is 0. The third kappa shape index (κ3) is 2.83. The number of amides is 1. The first-order valence-electron chi connectivity index (χ1n) is 5.84. The van der Waals surface area contributed by atoms with Gasteiger partial charge in [-0.25, -0.2) is 0 Å². The molecule has 1 atom stereocenters. The molecule has 3 nitrogen and oxygen atoms in total. The number of nitrogens with two attached hydrogens (primary N) is 1. The quantitative estimate of drug-likeness (QED) is 0.792. The third-order valence-corrected chi connectivity index (χ3v) is 3.15. The van der Waals surface area contributed by atoms with Crippen molar-refractivity contribution in [1.29, 1.82) is 0 Å². The van der Waals surface area contributed by atoms with Crippen molar-refractivity contribution in [2.75, 3.05) is 6.54 Å². The maximum atomic E-state index is 10.6. The minimum Gasteiger partial charge on any atom is -0.370 e. The summed E-state index contributed by atoms with van der Waals surface area (Å²) in [6, 6.07) is 9.07. The molecule has 1 amide bonds. The molecular formula is C13H18N2O. The molecule has 0 fully saturated rings. The van der Waals surface area contributed by atoms with Crippen LogP contribution in [-0.2, 0) is 17.6 Å². The highest BCUT2D eigenvalue weighted by molar-refractivity contribution is 5.73. The molecule has 0 heterocycles. The van der Waals surface area contributed by atoms with Crippen LogP contribution in [0.4, 0.5) is 0 Å². The van der Waals surface area contributed by atoms with Crippen molar-refractivity contribution in [1.82, 2.24) is 5.32 Å². The minimum absolute atomic E-state index is 0.233. The number of primary amides is 1. The zero-order chi connectivity index (χ0) is 11.4. The smallest absolute Gasteiger partial charge is 0.218 e. The van der Waals surface area contributed by atoms with Gasteiger partial charge < -0.3 is 11.1 Å². The van der Waals surface area contributed by atoms with E-state index < -0.39 is 0 Å². The van der Waals surface area contributed by atoms with E-state index >= 15 is 0 Å². The Morgan fingerprint density at radius 2 is 2.12 bits per heavy atom. The predicted octanol–water partition coefficient (Wildman–Crippen LogP) is 1.01. The predicted molar refractivity (Wildman–Crippen MR) is 64.1 cm³/mol. The van der Waals surface area contributed by atoms with Crippen LogP contribution in [0.3, 0.4) is 0 Å². The summed E-state index contributed by atoms with van der Waals surface area (Å²) in [5.74, 6) is -0.233. The lowest BCUT2D eigenvalue weighted by Crippen LogP contribution is -2.36. The van der Waals surface area contributed by atoms with Crippen LogP contribution < -0.4 is 11.1 Å². The molecule has 0 saturated heterocycles. The zero-order valence-electron chi connectivity index (χ0n) is 9.41. The van der Waals surface area contributed by atoms with Crippen LogP contribution in [0.1, 0.15) is 24.0 Å². The number of nitrogens with one attached hydrogen (secondary N) is 1. The molecule has 3 heteroatoms. The van der Waals surface area contributed by atoms with Gasteiger partial charge in [-0.15, -0.1) is 0 Å². The van der Waals surface area contributed by atoms with Crippen molar-refractivity contribution in [3.05, 3.63) is 35.4 Å². The molecule has 0 saturated carbocycles. The zero-order valence-corrected chi connectivity index (χ0v) is 9.41. The molecule has 1 aliphatic rings. The SMILES string of the molecule is NC(=O)CCNC1CCc2ccccc2C1. The van der Waals surface area contributed by atoms with E-state index in [0.29, 0.717) is 19.0 Å². The number of aryl methyl sites for hydroxylation is 1. The lowest BCUT2D eigenvalue weighted by molar-refractivity contribution is -0.117. The molecule has 3 N–H and O–H groups in total. The summed E-state index contributed by atoms with van der Waals surface area (Å²) in [4.78, 5) is 10.6. The van der Waals surface area contributed by atoms with E-state index in [1.807, 2.05) is 0 Å². The van der Waals surface area contributed by atoms with Crippen LogP contribution in [0.2, 0.25) is 0 Å². The molecule has 0 radical (unpaired) electrons. The molecule has 16 heavy (non-hydrogen) atoms. The van der Waals surface area contributed by atoms with Crippen LogP contribution in [0, 0.1) is 0 Å². The van der Waals surface area contributed by atoms with Gasteiger partial charge in [-0.05, 0) is 30.4 Å². The maximum Gasteiger partial charge on any atom is 0.218 e. The van der Waals surface area contributed by atoms with Crippen LogP contribution >= 0.6 is 0 Å². The van der Waals surface area contributed by atoms with Gasteiger partial charge in [0.25, 0.3) is 0 Å². The van der Waals surface area contributed by atoms with E-state index in [4.69, 9.17) is 5.73 Å². The molecular weight excluding hydrogens is 200 g/mol. The monoisotopic (exact) mass is 218 g/mol. The number of benzene rings is 1.